The summed E-state index contributed by atoms with van der Waals surface area (Å²) < 4.78 is 19.9. The Labute approximate surface area is 165 Å². The van der Waals surface area contributed by atoms with Gasteiger partial charge in [-0.1, -0.05) is 18.2 Å². The van der Waals surface area contributed by atoms with Gasteiger partial charge < -0.3 is 10.1 Å². The van der Waals surface area contributed by atoms with Crippen LogP contribution in [0.15, 0.2) is 83.8 Å². The molecule has 0 saturated carbocycles. The number of aromatic nitrogens is 2. The zero-order chi connectivity index (χ0) is 20.2. The number of pyridine rings is 1. The van der Waals surface area contributed by atoms with Crippen molar-refractivity contribution < 1.29 is 13.9 Å². The molecule has 0 saturated heterocycles. The van der Waals surface area contributed by atoms with E-state index < -0.39 is 5.97 Å². The van der Waals surface area contributed by atoms with Crippen molar-refractivity contribution in [3.05, 3.63) is 106 Å². The first kappa shape index (κ1) is 18.4. The van der Waals surface area contributed by atoms with Crippen LogP contribution in [0.3, 0.4) is 0 Å². The number of anilines is 2. The summed E-state index contributed by atoms with van der Waals surface area (Å²) in [6, 6.07) is 19.2. The summed E-state index contributed by atoms with van der Waals surface area (Å²) in [4.78, 5) is 29.1. The quantitative estimate of drug-likeness (QED) is 0.524. The van der Waals surface area contributed by atoms with Crippen molar-refractivity contribution in [3.63, 3.8) is 0 Å². The summed E-state index contributed by atoms with van der Waals surface area (Å²) in [5.41, 5.74) is 2.06. The lowest BCUT2D eigenvalue weighted by Crippen LogP contribution is -2.16. The Kier molecular flexibility index (Phi) is 5.03. The number of fused-ring (bicyclic) bond motifs is 1. The molecule has 144 valence electrons. The van der Waals surface area contributed by atoms with E-state index in [0.29, 0.717) is 28.3 Å². The predicted octanol–water partition coefficient (Wildman–Crippen LogP) is 3.93. The highest BCUT2D eigenvalue weighted by molar-refractivity contribution is 5.96. The topological polar surface area (TPSA) is 72.7 Å². The summed E-state index contributed by atoms with van der Waals surface area (Å²) in [5, 5.41) is 3.08. The molecule has 0 spiro atoms. The molecule has 0 atom stereocenters. The molecule has 0 bridgehead atoms. The number of nitrogens with one attached hydrogen (secondary N) is 1. The van der Waals surface area contributed by atoms with Gasteiger partial charge in [0.2, 0.25) is 0 Å². The third-order valence-electron chi connectivity index (χ3n) is 4.25. The molecule has 2 aromatic heterocycles. The number of ether oxygens (including phenoxy) is 1. The predicted molar refractivity (Wildman–Crippen MR) is 107 cm³/mol. The minimum atomic E-state index is -0.565. The minimum Gasteiger partial charge on any atom is -0.456 e. The third-order valence-corrected chi connectivity index (χ3v) is 4.25. The molecule has 4 aromatic rings. The van der Waals surface area contributed by atoms with Gasteiger partial charge in [0.1, 0.15) is 18.1 Å². The molecule has 2 heterocycles. The molecular formula is C22H16FN3O3. The molecule has 0 radical (unpaired) electrons. The summed E-state index contributed by atoms with van der Waals surface area (Å²) in [7, 11) is 0. The molecule has 7 heteroatoms. The van der Waals surface area contributed by atoms with Gasteiger partial charge in [0, 0.05) is 18.0 Å². The number of carbonyl (C=O) groups excluding carboxylic acids is 1. The molecule has 0 unspecified atom stereocenters. The number of para-hydroxylation sites is 1. The molecule has 1 N–H and O–H groups in total. The second-order valence-electron chi connectivity index (χ2n) is 6.27. The van der Waals surface area contributed by atoms with Crippen LogP contribution in [0.5, 0.6) is 0 Å². The van der Waals surface area contributed by atoms with Gasteiger partial charge in [0.15, 0.2) is 0 Å². The van der Waals surface area contributed by atoms with Gasteiger partial charge in [0.05, 0.1) is 16.9 Å². The standard InChI is InChI=1S/C22H16FN3O3/c23-15-8-10-16(11-9-15)24-19-6-2-1-5-18(19)22(28)29-14-17-13-21(27)26-12-4-3-7-20(26)25-17/h1-13,24H,14H2. The van der Waals surface area contributed by atoms with Crippen molar-refractivity contribution in [2.75, 3.05) is 5.32 Å². The highest BCUT2D eigenvalue weighted by Gasteiger charge is 2.14. The fourth-order valence-corrected chi connectivity index (χ4v) is 2.85. The minimum absolute atomic E-state index is 0.135. The molecular weight excluding hydrogens is 373 g/mol. The summed E-state index contributed by atoms with van der Waals surface area (Å²) in [6.45, 7) is -0.135. The van der Waals surface area contributed by atoms with E-state index in [2.05, 4.69) is 10.3 Å². The zero-order valence-electron chi connectivity index (χ0n) is 15.2. The van der Waals surface area contributed by atoms with Gasteiger partial charge in [-0.15, -0.1) is 0 Å². The number of hydrogen-bond donors (Lipinski definition) is 1. The van der Waals surface area contributed by atoms with Crippen LogP contribution in [0.4, 0.5) is 15.8 Å². The summed E-state index contributed by atoms with van der Waals surface area (Å²) >= 11 is 0. The molecule has 0 amide bonds. The van der Waals surface area contributed by atoms with Gasteiger partial charge in [-0.05, 0) is 48.5 Å². The van der Waals surface area contributed by atoms with Crippen molar-refractivity contribution in [1.29, 1.82) is 0 Å². The van der Waals surface area contributed by atoms with E-state index >= 15 is 0 Å². The lowest BCUT2D eigenvalue weighted by atomic mass is 10.1. The van der Waals surface area contributed by atoms with Crippen LogP contribution in [-0.2, 0) is 11.3 Å². The number of carbonyl (C=O) groups is 1. The lowest BCUT2D eigenvalue weighted by molar-refractivity contribution is 0.0469. The fourth-order valence-electron chi connectivity index (χ4n) is 2.85. The highest BCUT2D eigenvalue weighted by Crippen LogP contribution is 2.22. The van der Waals surface area contributed by atoms with E-state index in [1.54, 1.807) is 60.8 Å². The maximum absolute atomic E-state index is 13.1. The van der Waals surface area contributed by atoms with Gasteiger partial charge >= 0.3 is 5.97 Å². The van der Waals surface area contributed by atoms with E-state index in [1.165, 1.54) is 22.6 Å². The normalized spacial score (nSPS) is 10.7. The number of nitrogens with zero attached hydrogens (tertiary/aromatic N) is 2. The number of rotatable bonds is 5. The van der Waals surface area contributed by atoms with E-state index in [9.17, 15) is 14.0 Å². The van der Waals surface area contributed by atoms with Gasteiger partial charge in [-0.2, -0.15) is 0 Å². The maximum atomic E-state index is 13.1. The van der Waals surface area contributed by atoms with E-state index in [1.807, 2.05) is 0 Å². The SMILES string of the molecule is O=C(OCc1cc(=O)n2ccccc2n1)c1ccccc1Nc1ccc(F)cc1. The van der Waals surface area contributed by atoms with E-state index in [4.69, 9.17) is 4.74 Å². The first-order valence-corrected chi connectivity index (χ1v) is 8.86. The van der Waals surface area contributed by atoms with Crippen LogP contribution in [-0.4, -0.2) is 15.4 Å². The van der Waals surface area contributed by atoms with Gasteiger partial charge in [-0.3, -0.25) is 9.20 Å². The van der Waals surface area contributed by atoms with Crippen molar-refractivity contribution >= 4 is 23.0 Å². The molecule has 0 aliphatic rings. The average molecular weight is 389 g/mol. The van der Waals surface area contributed by atoms with Crippen molar-refractivity contribution in [2.45, 2.75) is 6.61 Å². The first-order valence-electron chi connectivity index (χ1n) is 8.86. The lowest BCUT2D eigenvalue weighted by Gasteiger charge is -2.12. The molecule has 0 aliphatic carbocycles. The van der Waals surface area contributed by atoms with Crippen LogP contribution in [0, 0.1) is 5.82 Å². The smallest absolute Gasteiger partial charge is 0.340 e. The summed E-state index contributed by atoms with van der Waals surface area (Å²) in [5.74, 6) is -0.910. The van der Waals surface area contributed by atoms with Gasteiger partial charge in [-0.25, -0.2) is 14.2 Å². The van der Waals surface area contributed by atoms with E-state index in [-0.39, 0.29) is 18.0 Å². The zero-order valence-corrected chi connectivity index (χ0v) is 15.2. The fraction of sp³-hybridized carbons (Fsp3) is 0.0455. The number of esters is 1. The third kappa shape index (κ3) is 4.14. The number of halogens is 1. The molecule has 29 heavy (non-hydrogen) atoms. The maximum Gasteiger partial charge on any atom is 0.340 e. The van der Waals surface area contributed by atoms with Crippen LogP contribution < -0.4 is 10.9 Å². The monoisotopic (exact) mass is 389 g/mol. The molecule has 0 fully saturated rings. The van der Waals surface area contributed by atoms with Crippen LogP contribution in [0.2, 0.25) is 0 Å². The first-order chi connectivity index (χ1) is 14.1. The second-order valence-corrected chi connectivity index (χ2v) is 6.27. The largest absolute Gasteiger partial charge is 0.456 e. The van der Waals surface area contributed by atoms with Crippen molar-refractivity contribution in [3.8, 4) is 0 Å². The van der Waals surface area contributed by atoms with Crippen molar-refractivity contribution in [1.82, 2.24) is 9.38 Å². The Morgan fingerprint density at radius 3 is 2.62 bits per heavy atom. The number of hydrogen-bond acceptors (Lipinski definition) is 5. The summed E-state index contributed by atoms with van der Waals surface area (Å²) in [6.07, 6.45) is 1.62. The Morgan fingerprint density at radius 2 is 1.79 bits per heavy atom. The molecule has 0 aliphatic heterocycles. The number of benzene rings is 2. The van der Waals surface area contributed by atoms with Crippen LogP contribution >= 0.6 is 0 Å². The van der Waals surface area contributed by atoms with E-state index in [0.717, 1.165) is 0 Å². The molecule has 4 rings (SSSR count). The van der Waals surface area contributed by atoms with Crippen LogP contribution in [0.1, 0.15) is 16.1 Å². The molecule has 6 nitrogen and oxygen atoms in total. The average Bonchev–Trinajstić information content (AvgIpc) is 2.74. The Morgan fingerprint density at radius 1 is 1.03 bits per heavy atom. The highest BCUT2D eigenvalue weighted by atomic mass is 19.1. The Balaban J connectivity index is 1.52. The Bertz CT molecular complexity index is 1240. The van der Waals surface area contributed by atoms with Crippen LogP contribution in [0.25, 0.3) is 5.65 Å². The Hall–Kier alpha value is -4.00. The second kappa shape index (κ2) is 7.93. The molecule has 2 aromatic carbocycles. The van der Waals surface area contributed by atoms with Gasteiger partial charge in [0.25, 0.3) is 5.56 Å². The van der Waals surface area contributed by atoms with Crippen molar-refractivity contribution in [2.24, 2.45) is 0 Å².